The van der Waals surface area contributed by atoms with Crippen LogP contribution >= 0.6 is 0 Å². The summed E-state index contributed by atoms with van der Waals surface area (Å²) < 4.78 is 0. The van der Waals surface area contributed by atoms with Crippen molar-refractivity contribution in [1.82, 2.24) is 0 Å². The van der Waals surface area contributed by atoms with Crippen molar-refractivity contribution in [3.63, 3.8) is 0 Å². The number of ketones is 2. The molecule has 254 valence electrons. The molecule has 0 aliphatic heterocycles. The van der Waals surface area contributed by atoms with E-state index in [9.17, 15) is 9.59 Å². The molecule has 0 heterocycles. The molecule has 0 aliphatic rings. The Hall–Kier alpha value is -6.52. The lowest BCUT2D eigenvalue weighted by molar-refractivity contribution is 0.103. The van der Waals surface area contributed by atoms with Gasteiger partial charge in [-0.05, 0) is 126 Å². The molecule has 0 saturated heterocycles. The second kappa shape index (κ2) is 14.8. The van der Waals surface area contributed by atoms with Crippen LogP contribution in [0.3, 0.4) is 0 Å². The number of anilines is 6. The molecular weight excluding hydrogens is 637 g/mol. The summed E-state index contributed by atoms with van der Waals surface area (Å²) in [5.74, 6) is -0.260. The van der Waals surface area contributed by atoms with Gasteiger partial charge >= 0.3 is 0 Å². The molecule has 0 bridgehead atoms. The Morgan fingerprint density at radius 1 is 0.346 bits per heavy atom. The van der Waals surface area contributed by atoms with Gasteiger partial charge in [-0.2, -0.15) is 0 Å². The summed E-state index contributed by atoms with van der Waals surface area (Å²) >= 11 is 0. The highest BCUT2D eigenvalue weighted by molar-refractivity contribution is 6.13. The lowest BCUT2D eigenvalue weighted by Crippen LogP contribution is -2.15. The van der Waals surface area contributed by atoms with Crippen LogP contribution in [0.4, 0.5) is 34.1 Å². The second-order valence-electron chi connectivity index (χ2n) is 13.8. The number of rotatable bonds is 10. The van der Waals surface area contributed by atoms with Crippen molar-refractivity contribution in [2.75, 3.05) is 9.80 Å². The maximum atomic E-state index is 14.1. The monoisotopic (exact) mass is 676 g/mol. The first-order valence-electron chi connectivity index (χ1n) is 17.5. The Balaban J connectivity index is 1.19. The molecular formula is C48H40N2O2. The Labute approximate surface area is 306 Å². The minimum absolute atomic E-state index is 0.130. The first kappa shape index (κ1) is 34.0. The van der Waals surface area contributed by atoms with Gasteiger partial charge in [0.15, 0.2) is 11.6 Å². The quantitative estimate of drug-likeness (QED) is 0.135. The lowest BCUT2D eigenvalue weighted by atomic mass is 9.83. The van der Waals surface area contributed by atoms with E-state index >= 15 is 0 Å². The van der Waals surface area contributed by atoms with Crippen molar-refractivity contribution in [3.8, 4) is 0 Å². The third kappa shape index (κ3) is 7.33. The highest BCUT2D eigenvalue weighted by Gasteiger charge is 2.22. The average molecular weight is 677 g/mol. The molecule has 7 aromatic carbocycles. The molecule has 7 aromatic rings. The SMILES string of the molecule is CC(C)(C)c1cc(C(=O)c2ccc(N(c3ccccc3)c3ccccc3)cc2)cc(C(=O)c2ccc(N(c3ccccc3)c3ccccc3)cc2)c1. The van der Waals surface area contributed by atoms with Crippen molar-refractivity contribution in [3.05, 3.63) is 216 Å². The molecule has 0 spiro atoms. The van der Waals surface area contributed by atoms with Crippen LogP contribution in [0.25, 0.3) is 0 Å². The van der Waals surface area contributed by atoms with E-state index in [1.165, 1.54) is 0 Å². The summed E-state index contributed by atoms with van der Waals surface area (Å²) in [6.07, 6.45) is 0. The van der Waals surface area contributed by atoms with Gasteiger partial charge in [0.25, 0.3) is 0 Å². The summed E-state index contributed by atoms with van der Waals surface area (Å²) in [7, 11) is 0. The summed E-state index contributed by atoms with van der Waals surface area (Å²) in [6, 6.07) is 61.6. The lowest BCUT2D eigenvalue weighted by Gasteiger charge is -2.25. The molecule has 0 fully saturated rings. The van der Waals surface area contributed by atoms with E-state index in [1.54, 1.807) is 6.07 Å². The number of carbonyl (C=O) groups excluding carboxylic acids is 2. The van der Waals surface area contributed by atoms with Crippen LogP contribution in [-0.2, 0) is 5.41 Å². The Bertz CT molecular complexity index is 2040. The third-order valence-corrected chi connectivity index (χ3v) is 9.16. The number of hydrogen-bond donors (Lipinski definition) is 0. The maximum absolute atomic E-state index is 14.1. The normalized spacial score (nSPS) is 11.1. The highest BCUT2D eigenvalue weighted by Crippen LogP contribution is 2.36. The van der Waals surface area contributed by atoms with Gasteiger partial charge in [-0.25, -0.2) is 0 Å². The predicted octanol–water partition coefficient (Wildman–Crippen LogP) is 12.4. The van der Waals surface area contributed by atoms with E-state index in [0.29, 0.717) is 22.3 Å². The number of para-hydroxylation sites is 4. The number of benzene rings is 7. The second-order valence-corrected chi connectivity index (χ2v) is 13.8. The van der Waals surface area contributed by atoms with Crippen molar-refractivity contribution in [1.29, 1.82) is 0 Å². The van der Waals surface area contributed by atoms with E-state index < -0.39 is 0 Å². The van der Waals surface area contributed by atoms with E-state index in [-0.39, 0.29) is 17.0 Å². The van der Waals surface area contributed by atoms with Gasteiger partial charge in [0, 0.05) is 56.4 Å². The summed E-state index contributed by atoms with van der Waals surface area (Å²) in [5.41, 5.74) is 8.70. The summed E-state index contributed by atoms with van der Waals surface area (Å²) in [4.78, 5) is 32.6. The van der Waals surface area contributed by atoms with Crippen LogP contribution in [0.15, 0.2) is 188 Å². The Kier molecular flexibility index (Phi) is 9.64. The summed E-state index contributed by atoms with van der Waals surface area (Å²) in [5, 5.41) is 0. The van der Waals surface area contributed by atoms with Crippen molar-refractivity contribution >= 4 is 45.7 Å². The smallest absolute Gasteiger partial charge is 0.193 e. The number of carbonyl (C=O) groups is 2. The molecule has 52 heavy (non-hydrogen) atoms. The third-order valence-electron chi connectivity index (χ3n) is 9.16. The van der Waals surface area contributed by atoms with Crippen LogP contribution in [0.2, 0.25) is 0 Å². The maximum Gasteiger partial charge on any atom is 0.193 e. The molecule has 4 nitrogen and oxygen atoms in total. The van der Waals surface area contributed by atoms with Crippen molar-refractivity contribution < 1.29 is 9.59 Å². The molecule has 0 unspecified atom stereocenters. The molecule has 7 rings (SSSR count). The van der Waals surface area contributed by atoms with Crippen LogP contribution in [0.5, 0.6) is 0 Å². The topological polar surface area (TPSA) is 40.6 Å². The molecule has 0 aliphatic carbocycles. The Morgan fingerprint density at radius 3 is 0.885 bits per heavy atom. The zero-order chi connectivity index (χ0) is 36.1. The zero-order valence-corrected chi connectivity index (χ0v) is 29.6. The fourth-order valence-electron chi connectivity index (χ4n) is 6.38. The van der Waals surface area contributed by atoms with Gasteiger partial charge in [-0.3, -0.25) is 9.59 Å². The zero-order valence-electron chi connectivity index (χ0n) is 29.6. The first-order chi connectivity index (χ1) is 25.3. The predicted molar refractivity (Wildman–Crippen MR) is 214 cm³/mol. The number of hydrogen-bond acceptors (Lipinski definition) is 4. The number of nitrogens with zero attached hydrogens (tertiary/aromatic N) is 2. The van der Waals surface area contributed by atoms with Gasteiger partial charge in [0.05, 0.1) is 0 Å². The van der Waals surface area contributed by atoms with Crippen LogP contribution < -0.4 is 9.80 Å². The van der Waals surface area contributed by atoms with Crippen LogP contribution in [-0.4, -0.2) is 11.6 Å². The molecule has 0 atom stereocenters. The van der Waals surface area contributed by atoms with Crippen molar-refractivity contribution in [2.24, 2.45) is 0 Å². The van der Waals surface area contributed by atoms with Gasteiger partial charge in [0.2, 0.25) is 0 Å². The highest BCUT2D eigenvalue weighted by atomic mass is 16.1. The Morgan fingerprint density at radius 2 is 0.615 bits per heavy atom. The fourth-order valence-corrected chi connectivity index (χ4v) is 6.38. The van der Waals surface area contributed by atoms with Crippen LogP contribution in [0, 0.1) is 0 Å². The molecule has 4 heteroatoms. The van der Waals surface area contributed by atoms with Crippen LogP contribution in [0.1, 0.15) is 58.2 Å². The minimum Gasteiger partial charge on any atom is -0.311 e. The van der Waals surface area contributed by atoms with Gasteiger partial charge < -0.3 is 9.80 Å². The average Bonchev–Trinajstić information content (AvgIpc) is 3.19. The van der Waals surface area contributed by atoms with Gasteiger partial charge in [-0.1, -0.05) is 93.6 Å². The molecule has 0 saturated carbocycles. The van der Waals surface area contributed by atoms with Crippen molar-refractivity contribution in [2.45, 2.75) is 26.2 Å². The largest absolute Gasteiger partial charge is 0.311 e. The minimum atomic E-state index is -0.281. The first-order valence-corrected chi connectivity index (χ1v) is 17.5. The van der Waals surface area contributed by atoms with E-state index in [4.69, 9.17) is 0 Å². The summed E-state index contributed by atoms with van der Waals surface area (Å²) in [6.45, 7) is 6.29. The fraction of sp³-hybridized carbons (Fsp3) is 0.0833. The van der Waals surface area contributed by atoms with E-state index in [2.05, 4.69) is 79.1 Å². The van der Waals surface area contributed by atoms with E-state index in [0.717, 1.165) is 39.7 Å². The molecule has 0 radical (unpaired) electrons. The molecule has 0 amide bonds. The molecule has 0 N–H and O–H groups in total. The van der Waals surface area contributed by atoms with E-state index in [1.807, 2.05) is 133 Å². The van der Waals surface area contributed by atoms with Gasteiger partial charge in [-0.15, -0.1) is 0 Å². The standard InChI is InChI=1S/C48H40N2O2/c1-48(2,3)39-33-37(46(51)35-24-28-44(29-25-35)49(40-16-8-4-9-17-40)41-18-10-5-11-19-41)32-38(34-39)47(52)36-26-30-45(31-27-36)50(42-20-12-6-13-21-42)43-22-14-7-15-23-43/h4-34H,1-3H3. The molecule has 0 aromatic heterocycles. The van der Waals surface area contributed by atoms with Gasteiger partial charge in [0.1, 0.15) is 0 Å².